The molecule has 2 unspecified atom stereocenters. The van der Waals surface area contributed by atoms with Gasteiger partial charge >= 0.3 is 0 Å². The fraction of sp³-hybridized carbons (Fsp3) is 0.571. The van der Waals surface area contributed by atoms with Gasteiger partial charge < -0.3 is 10.2 Å². The fourth-order valence-electron chi connectivity index (χ4n) is 2.70. The number of nitrogens with one attached hydrogen (secondary N) is 1. The summed E-state index contributed by atoms with van der Waals surface area (Å²) < 4.78 is 0. The second kappa shape index (κ2) is 4.96. The summed E-state index contributed by atoms with van der Waals surface area (Å²) in [5.74, 6) is 0.135. The lowest BCUT2D eigenvalue weighted by atomic mass is 9.87. The molecule has 2 fully saturated rings. The highest BCUT2D eigenvalue weighted by Crippen LogP contribution is 2.38. The molecule has 3 rings (SSSR count). The van der Waals surface area contributed by atoms with Gasteiger partial charge in [-0.3, -0.25) is 9.59 Å². The zero-order chi connectivity index (χ0) is 13.4. The Kier molecular flexibility index (Phi) is 3.31. The standard InChI is InChI=1S/C14H18N2O2S/c1-16-12(17)7-6-10(14(18)15-9-4-5-9)13(16)11-3-2-8-19-11/h2-3,8-10,13H,4-7H2,1H3,(H,15,18). The maximum absolute atomic E-state index is 12.4. The van der Waals surface area contributed by atoms with E-state index in [4.69, 9.17) is 0 Å². The van der Waals surface area contributed by atoms with Crippen LogP contribution < -0.4 is 5.32 Å². The highest BCUT2D eigenvalue weighted by Gasteiger charge is 2.40. The Bertz CT molecular complexity index is 482. The van der Waals surface area contributed by atoms with E-state index >= 15 is 0 Å². The van der Waals surface area contributed by atoms with Crippen molar-refractivity contribution in [3.63, 3.8) is 0 Å². The topological polar surface area (TPSA) is 49.4 Å². The first-order chi connectivity index (χ1) is 9.16. The van der Waals surface area contributed by atoms with Gasteiger partial charge in [-0.15, -0.1) is 11.3 Å². The van der Waals surface area contributed by atoms with Crippen LogP contribution in [0.15, 0.2) is 17.5 Å². The van der Waals surface area contributed by atoms with Crippen LogP contribution in [0.1, 0.15) is 36.6 Å². The van der Waals surface area contributed by atoms with E-state index in [0.717, 1.165) is 17.7 Å². The predicted octanol–water partition coefficient (Wildman–Crippen LogP) is 1.94. The normalized spacial score (nSPS) is 27.4. The van der Waals surface area contributed by atoms with Crippen molar-refractivity contribution >= 4 is 23.2 Å². The Labute approximate surface area is 116 Å². The maximum atomic E-state index is 12.4. The van der Waals surface area contributed by atoms with Gasteiger partial charge in [0.25, 0.3) is 0 Å². The quantitative estimate of drug-likeness (QED) is 0.918. The van der Waals surface area contributed by atoms with Crippen molar-refractivity contribution in [2.75, 3.05) is 7.05 Å². The Morgan fingerprint density at radius 3 is 2.84 bits per heavy atom. The molecule has 1 aliphatic carbocycles. The SMILES string of the molecule is CN1C(=O)CCC(C(=O)NC2CC2)C1c1cccs1. The van der Waals surface area contributed by atoms with E-state index in [1.165, 1.54) is 0 Å². The van der Waals surface area contributed by atoms with Crippen molar-refractivity contribution in [1.29, 1.82) is 0 Å². The first-order valence-corrected chi connectivity index (χ1v) is 7.64. The van der Waals surface area contributed by atoms with E-state index in [1.807, 2.05) is 24.6 Å². The molecule has 5 heteroatoms. The van der Waals surface area contributed by atoms with Gasteiger partial charge in [-0.2, -0.15) is 0 Å². The minimum atomic E-state index is -0.109. The van der Waals surface area contributed by atoms with Gasteiger partial charge in [0, 0.05) is 24.4 Å². The summed E-state index contributed by atoms with van der Waals surface area (Å²) >= 11 is 1.62. The zero-order valence-electron chi connectivity index (χ0n) is 11.0. The number of nitrogens with zero attached hydrogens (tertiary/aromatic N) is 1. The van der Waals surface area contributed by atoms with Crippen molar-refractivity contribution in [1.82, 2.24) is 10.2 Å². The van der Waals surface area contributed by atoms with Gasteiger partial charge in [0.15, 0.2) is 0 Å². The molecule has 1 aliphatic heterocycles. The largest absolute Gasteiger partial charge is 0.353 e. The average Bonchev–Trinajstić information content (AvgIpc) is 3.04. The second-order valence-electron chi connectivity index (χ2n) is 5.39. The molecule has 2 aliphatic rings. The third-order valence-electron chi connectivity index (χ3n) is 3.96. The van der Waals surface area contributed by atoms with E-state index in [0.29, 0.717) is 18.9 Å². The van der Waals surface area contributed by atoms with Crippen molar-refractivity contribution in [3.05, 3.63) is 22.4 Å². The van der Waals surface area contributed by atoms with E-state index < -0.39 is 0 Å². The van der Waals surface area contributed by atoms with E-state index in [-0.39, 0.29) is 23.8 Å². The smallest absolute Gasteiger partial charge is 0.225 e. The average molecular weight is 278 g/mol. The monoisotopic (exact) mass is 278 g/mol. The summed E-state index contributed by atoms with van der Waals surface area (Å²) in [7, 11) is 1.81. The summed E-state index contributed by atoms with van der Waals surface area (Å²) in [5, 5.41) is 5.08. The second-order valence-corrected chi connectivity index (χ2v) is 6.37. The van der Waals surface area contributed by atoms with Crippen molar-refractivity contribution in [2.45, 2.75) is 37.8 Å². The molecule has 4 nitrogen and oxygen atoms in total. The van der Waals surface area contributed by atoms with Gasteiger partial charge in [-0.25, -0.2) is 0 Å². The number of carbonyl (C=O) groups excluding carboxylic acids is 2. The molecule has 1 saturated heterocycles. The number of piperidine rings is 1. The highest BCUT2D eigenvalue weighted by molar-refractivity contribution is 7.10. The number of thiophene rings is 1. The summed E-state index contributed by atoms with van der Waals surface area (Å²) in [6.45, 7) is 0. The highest BCUT2D eigenvalue weighted by atomic mass is 32.1. The third-order valence-corrected chi connectivity index (χ3v) is 4.90. The molecule has 0 radical (unpaired) electrons. The molecule has 1 aromatic rings. The van der Waals surface area contributed by atoms with Crippen LogP contribution in [0.25, 0.3) is 0 Å². The van der Waals surface area contributed by atoms with Gasteiger partial charge in [0.1, 0.15) is 0 Å². The van der Waals surface area contributed by atoms with Crippen LogP contribution in [0.5, 0.6) is 0 Å². The minimum absolute atomic E-state index is 0.0972. The molecule has 102 valence electrons. The molecule has 2 heterocycles. The zero-order valence-corrected chi connectivity index (χ0v) is 11.8. The number of likely N-dealkylation sites (tertiary alicyclic amines) is 1. The molecule has 1 N–H and O–H groups in total. The number of hydrogen-bond donors (Lipinski definition) is 1. The van der Waals surface area contributed by atoms with E-state index in [2.05, 4.69) is 5.32 Å². The van der Waals surface area contributed by atoms with Crippen LogP contribution in [-0.4, -0.2) is 29.8 Å². The lowest BCUT2D eigenvalue weighted by molar-refractivity contribution is -0.141. The lowest BCUT2D eigenvalue weighted by Crippen LogP contribution is -2.46. The van der Waals surface area contributed by atoms with Gasteiger partial charge in [0.05, 0.1) is 12.0 Å². The molecule has 19 heavy (non-hydrogen) atoms. The molecular formula is C14H18N2O2S. The Morgan fingerprint density at radius 2 is 2.21 bits per heavy atom. The molecule has 2 atom stereocenters. The van der Waals surface area contributed by atoms with Gasteiger partial charge in [-0.1, -0.05) is 6.07 Å². The number of hydrogen-bond acceptors (Lipinski definition) is 3. The molecule has 1 aromatic heterocycles. The Hall–Kier alpha value is -1.36. The summed E-state index contributed by atoms with van der Waals surface area (Å²) in [5.41, 5.74) is 0. The van der Waals surface area contributed by atoms with Crippen LogP contribution in [0, 0.1) is 5.92 Å². The maximum Gasteiger partial charge on any atom is 0.225 e. The first-order valence-electron chi connectivity index (χ1n) is 6.76. The lowest BCUT2D eigenvalue weighted by Gasteiger charge is -2.37. The molecule has 1 saturated carbocycles. The minimum Gasteiger partial charge on any atom is -0.353 e. The van der Waals surface area contributed by atoms with E-state index in [1.54, 1.807) is 16.2 Å². The fourth-order valence-corrected chi connectivity index (χ4v) is 3.63. The van der Waals surface area contributed by atoms with Crippen molar-refractivity contribution < 1.29 is 9.59 Å². The number of rotatable bonds is 3. The van der Waals surface area contributed by atoms with E-state index in [9.17, 15) is 9.59 Å². The Morgan fingerprint density at radius 1 is 1.42 bits per heavy atom. The molecule has 0 spiro atoms. The van der Waals surface area contributed by atoms with Crippen LogP contribution >= 0.6 is 11.3 Å². The van der Waals surface area contributed by atoms with Crippen molar-refractivity contribution in [3.8, 4) is 0 Å². The summed E-state index contributed by atoms with van der Waals surface area (Å²) in [6.07, 6.45) is 3.32. The molecule has 2 amide bonds. The number of carbonyl (C=O) groups is 2. The van der Waals surface area contributed by atoms with Crippen LogP contribution in [0.4, 0.5) is 0 Å². The molecular weight excluding hydrogens is 260 g/mol. The van der Waals surface area contributed by atoms with Gasteiger partial charge in [-0.05, 0) is 30.7 Å². The van der Waals surface area contributed by atoms with Crippen LogP contribution in [0.2, 0.25) is 0 Å². The van der Waals surface area contributed by atoms with Crippen LogP contribution in [-0.2, 0) is 9.59 Å². The molecule has 0 bridgehead atoms. The predicted molar refractivity (Wildman–Crippen MR) is 73.7 cm³/mol. The summed E-state index contributed by atoms with van der Waals surface area (Å²) in [4.78, 5) is 27.1. The third kappa shape index (κ3) is 2.52. The van der Waals surface area contributed by atoms with Gasteiger partial charge in [0.2, 0.25) is 11.8 Å². The first kappa shape index (κ1) is 12.7. The molecule has 0 aromatic carbocycles. The van der Waals surface area contributed by atoms with Crippen LogP contribution in [0.3, 0.4) is 0 Å². The summed E-state index contributed by atoms with van der Waals surface area (Å²) in [6, 6.07) is 4.27. The Balaban J connectivity index is 1.83. The van der Waals surface area contributed by atoms with Crippen molar-refractivity contribution in [2.24, 2.45) is 5.92 Å². The number of amides is 2.